The van der Waals surface area contributed by atoms with Crippen LogP contribution in [-0.4, -0.2) is 22.6 Å². The summed E-state index contributed by atoms with van der Waals surface area (Å²) < 4.78 is 50.7. The van der Waals surface area contributed by atoms with Gasteiger partial charge in [-0.3, -0.25) is 4.72 Å². The highest BCUT2D eigenvalue weighted by Crippen LogP contribution is 2.30. The van der Waals surface area contributed by atoms with Gasteiger partial charge < -0.3 is 9.47 Å². The number of nitrogens with one attached hydrogen (secondary N) is 1. The van der Waals surface area contributed by atoms with Gasteiger partial charge in [0.25, 0.3) is 10.0 Å². The lowest BCUT2D eigenvalue weighted by molar-refractivity contribution is 0.386. The van der Waals surface area contributed by atoms with E-state index in [1.54, 1.807) is 0 Å². The molecule has 2 aromatic rings. The maximum absolute atomic E-state index is 13.7. The number of rotatable bonds is 5. The number of ether oxygens (including phenoxy) is 2. The van der Waals surface area contributed by atoms with Gasteiger partial charge in [0.2, 0.25) is 0 Å². The van der Waals surface area contributed by atoms with E-state index >= 15 is 0 Å². The molecule has 8 heteroatoms. The molecule has 0 aromatic heterocycles. The molecule has 0 saturated heterocycles. The molecular formula is C14H13ClFNO4S. The number of hydrogen-bond acceptors (Lipinski definition) is 4. The van der Waals surface area contributed by atoms with Crippen LogP contribution in [0.1, 0.15) is 0 Å². The molecule has 0 atom stereocenters. The Morgan fingerprint density at radius 1 is 1.09 bits per heavy atom. The molecular weight excluding hydrogens is 333 g/mol. The Hall–Kier alpha value is -1.99. The van der Waals surface area contributed by atoms with Gasteiger partial charge in [-0.25, -0.2) is 12.8 Å². The number of hydrogen-bond donors (Lipinski definition) is 1. The van der Waals surface area contributed by atoms with Crippen molar-refractivity contribution in [3.8, 4) is 11.5 Å². The maximum Gasteiger partial charge on any atom is 0.265 e. The zero-order chi connectivity index (χ0) is 16.3. The fraction of sp³-hybridized carbons (Fsp3) is 0.143. The van der Waals surface area contributed by atoms with Gasteiger partial charge in [0.15, 0.2) is 0 Å². The summed E-state index contributed by atoms with van der Waals surface area (Å²) in [4.78, 5) is -0.134. The molecule has 22 heavy (non-hydrogen) atoms. The lowest BCUT2D eigenvalue weighted by atomic mass is 10.3. The van der Waals surface area contributed by atoms with Crippen LogP contribution in [0.15, 0.2) is 41.3 Å². The van der Waals surface area contributed by atoms with Gasteiger partial charge in [0, 0.05) is 11.1 Å². The summed E-state index contributed by atoms with van der Waals surface area (Å²) in [5.41, 5.74) is -0.206. The molecule has 0 radical (unpaired) electrons. The normalized spacial score (nSPS) is 11.1. The highest BCUT2D eigenvalue weighted by Gasteiger charge is 2.21. The van der Waals surface area contributed by atoms with Crippen molar-refractivity contribution >= 4 is 27.3 Å². The number of anilines is 1. The fourth-order valence-electron chi connectivity index (χ4n) is 1.77. The van der Waals surface area contributed by atoms with Crippen LogP contribution in [0.4, 0.5) is 10.1 Å². The van der Waals surface area contributed by atoms with Crippen LogP contribution in [0.3, 0.4) is 0 Å². The van der Waals surface area contributed by atoms with E-state index in [0.29, 0.717) is 5.75 Å². The molecule has 0 saturated carbocycles. The van der Waals surface area contributed by atoms with E-state index < -0.39 is 15.8 Å². The van der Waals surface area contributed by atoms with Crippen LogP contribution in [0.5, 0.6) is 11.5 Å². The molecule has 0 heterocycles. The third kappa shape index (κ3) is 3.42. The summed E-state index contributed by atoms with van der Waals surface area (Å²) in [5.74, 6) is -0.252. The smallest absolute Gasteiger partial charge is 0.265 e. The van der Waals surface area contributed by atoms with Crippen molar-refractivity contribution in [3.05, 3.63) is 47.2 Å². The number of halogens is 2. The first kappa shape index (κ1) is 16.4. The first-order chi connectivity index (χ1) is 10.4. The summed E-state index contributed by atoms with van der Waals surface area (Å²) >= 11 is 5.64. The third-order valence-corrected chi connectivity index (χ3v) is 4.48. The minimum absolute atomic E-state index is 0.0845. The highest BCUT2D eigenvalue weighted by atomic mass is 35.5. The second-order valence-electron chi connectivity index (χ2n) is 4.25. The van der Waals surface area contributed by atoms with Crippen molar-refractivity contribution in [2.24, 2.45) is 0 Å². The lowest BCUT2D eigenvalue weighted by Crippen LogP contribution is -2.15. The minimum atomic E-state index is -4.03. The molecule has 0 spiro atoms. The Morgan fingerprint density at radius 3 is 2.41 bits per heavy atom. The molecule has 0 aliphatic heterocycles. The van der Waals surface area contributed by atoms with Gasteiger partial charge in [0.05, 0.1) is 19.9 Å². The van der Waals surface area contributed by atoms with Crippen LogP contribution in [-0.2, 0) is 10.0 Å². The van der Waals surface area contributed by atoms with Gasteiger partial charge in [0.1, 0.15) is 22.2 Å². The van der Waals surface area contributed by atoms with Crippen LogP contribution in [0.2, 0.25) is 5.02 Å². The topological polar surface area (TPSA) is 64.6 Å². The monoisotopic (exact) mass is 345 g/mol. The Kier molecular flexibility index (Phi) is 4.77. The van der Waals surface area contributed by atoms with Crippen molar-refractivity contribution in [2.75, 3.05) is 18.9 Å². The molecule has 0 aliphatic carbocycles. The summed E-state index contributed by atoms with van der Waals surface area (Å²) in [6, 6.07) is 7.85. The SMILES string of the molecule is COc1ccc(S(=O)(=O)Nc2ccc(Cl)cc2F)c(OC)c1. The van der Waals surface area contributed by atoms with E-state index in [2.05, 4.69) is 4.72 Å². The van der Waals surface area contributed by atoms with Gasteiger partial charge in [-0.05, 0) is 30.3 Å². The zero-order valence-corrected chi connectivity index (χ0v) is 13.3. The molecule has 2 rings (SSSR count). The van der Waals surface area contributed by atoms with Gasteiger partial charge in [-0.1, -0.05) is 11.6 Å². The van der Waals surface area contributed by atoms with E-state index in [4.69, 9.17) is 21.1 Å². The van der Waals surface area contributed by atoms with Crippen LogP contribution < -0.4 is 14.2 Å². The van der Waals surface area contributed by atoms with Crippen LogP contribution in [0, 0.1) is 5.82 Å². The van der Waals surface area contributed by atoms with Gasteiger partial charge in [-0.2, -0.15) is 0 Å². The van der Waals surface area contributed by atoms with Crippen molar-refractivity contribution in [1.82, 2.24) is 0 Å². The molecule has 2 aromatic carbocycles. The average Bonchev–Trinajstić information content (AvgIpc) is 2.49. The molecule has 5 nitrogen and oxygen atoms in total. The maximum atomic E-state index is 13.7. The Morgan fingerprint density at radius 2 is 1.82 bits per heavy atom. The highest BCUT2D eigenvalue weighted by molar-refractivity contribution is 7.92. The molecule has 0 bridgehead atoms. The second-order valence-corrected chi connectivity index (χ2v) is 6.33. The first-order valence-electron chi connectivity index (χ1n) is 6.07. The summed E-state index contributed by atoms with van der Waals surface area (Å²) in [7, 11) is -1.25. The number of benzene rings is 2. The first-order valence-corrected chi connectivity index (χ1v) is 7.93. The lowest BCUT2D eigenvalue weighted by Gasteiger charge is -2.13. The molecule has 1 N–H and O–H groups in total. The van der Waals surface area contributed by atoms with Crippen LogP contribution >= 0.6 is 11.6 Å². The Labute approximate surface area is 132 Å². The summed E-state index contributed by atoms with van der Waals surface area (Å²) in [6.07, 6.45) is 0. The van der Waals surface area contributed by atoms with Crippen molar-refractivity contribution in [2.45, 2.75) is 4.90 Å². The fourth-order valence-corrected chi connectivity index (χ4v) is 3.15. The van der Waals surface area contributed by atoms with Gasteiger partial charge >= 0.3 is 0 Å². The standard InChI is InChI=1S/C14H13ClFNO4S/c1-20-10-4-6-14(13(8-10)21-2)22(18,19)17-12-5-3-9(15)7-11(12)16/h3-8,17H,1-2H3. The van der Waals surface area contributed by atoms with E-state index in [1.165, 1.54) is 44.6 Å². The second kappa shape index (κ2) is 6.41. The molecule has 118 valence electrons. The minimum Gasteiger partial charge on any atom is -0.497 e. The molecule has 0 aliphatic rings. The van der Waals surface area contributed by atoms with Gasteiger partial charge in [-0.15, -0.1) is 0 Å². The predicted molar refractivity (Wildman–Crippen MR) is 81.8 cm³/mol. The van der Waals surface area contributed by atoms with E-state index in [-0.39, 0.29) is 21.4 Å². The largest absolute Gasteiger partial charge is 0.497 e. The van der Waals surface area contributed by atoms with Crippen molar-refractivity contribution < 1.29 is 22.3 Å². The quantitative estimate of drug-likeness (QED) is 0.903. The van der Waals surface area contributed by atoms with E-state index in [1.807, 2.05) is 0 Å². The molecule has 0 fully saturated rings. The summed E-state index contributed by atoms with van der Waals surface area (Å²) in [5, 5.41) is 0.169. The van der Waals surface area contributed by atoms with E-state index in [9.17, 15) is 12.8 Å². The Bertz CT molecular complexity index is 795. The van der Waals surface area contributed by atoms with Crippen LogP contribution in [0.25, 0.3) is 0 Å². The molecule has 0 unspecified atom stereocenters. The summed E-state index contributed by atoms with van der Waals surface area (Å²) in [6.45, 7) is 0. The van der Waals surface area contributed by atoms with Crippen molar-refractivity contribution in [1.29, 1.82) is 0 Å². The third-order valence-electron chi connectivity index (χ3n) is 2.84. The Balaban J connectivity index is 2.42. The van der Waals surface area contributed by atoms with Crippen molar-refractivity contribution in [3.63, 3.8) is 0 Å². The van der Waals surface area contributed by atoms with E-state index in [0.717, 1.165) is 6.07 Å². The predicted octanol–water partition coefficient (Wildman–Crippen LogP) is 3.30. The number of sulfonamides is 1. The molecule has 0 amide bonds. The average molecular weight is 346 g/mol. The zero-order valence-electron chi connectivity index (χ0n) is 11.8. The number of methoxy groups -OCH3 is 2.